The van der Waals surface area contributed by atoms with Gasteiger partial charge in [0.05, 0.1) is 5.60 Å². The topological polar surface area (TPSA) is 55.6 Å². The average Bonchev–Trinajstić information content (AvgIpc) is 2.68. The van der Waals surface area contributed by atoms with Crippen molar-refractivity contribution >= 4 is 5.91 Å². The van der Waals surface area contributed by atoms with Crippen molar-refractivity contribution in [3.8, 4) is 0 Å². The van der Waals surface area contributed by atoms with E-state index in [1.54, 1.807) is 6.92 Å². The maximum Gasteiger partial charge on any atom is 0.251 e. The first-order valence-corrected chi connectivity index (χ1v) is 5.63. The summed E-state index contributed by atoms with van der Waals surface area (Å²) in [6.45, 7) is 7.77. The Labute approximate surface area is 91.8 Å². The van der Waals surface area contributed by atoms with Crippen molar-refractivity contribution in [1.29, 1.82) is 0 Å². The van der Waals surface area contributed by atoms with E-state index in [0.717, 1.165) is 25.9 Å². The fourth-order valence-electron chi connectivity index (χ4n) is 1.77. The lowest BCUT2D eigenvalue weighted by molar-refractivity contribution is -0.150. The quantitative estimate of drug-likeness (QED) is 0.751. The van der Waals surface area contributed by atoms with Gasteiger partial charge in [0.1, 0.15) is 6.10 Å². The van der Waals surface area contributed by atoms with Crippen LogP contribution in [-0.2, 0) is 9.53 Å². The fraction of sp³-hybridized carbons (Fsp3) is 0.909. The minimum absolute atomic E-state index is 0.0917. The molecule has 1 fully saturated rings. The Morgan fingerprint density at radius 3 is 2.47 bits per heavy atom. The van der Waals surface area contributed by atoms with Crippen molar-refractivity contribution in [2.24, 2.45) is 5.73 Å². The van der Waals surface area contributed by atoms with Crippen LogP contribution in [0.2, 0.25) is 0 Å². The molecule has 0 bridgehead atoms. The van der Waals surface area contributed by atoms with Crippen molar-refractivity contribution in [3.63, 3.8) is 0 Å². The number of ether oxygens (including phenoxy) is 1. The molecular formula is C11H22N2O2. The van der Waals surface area contributed by atoms with Crippen molar-refractivity contribution in [2.45, 2.75) is 45.3 Å². The number of carbonyl (C=O) groups is 1. The molecule has 1 amide bonds. The second-order valence-electron chi connectivity index (χ2n) is 4.76. The maximum absolute atomic E-state index is 11.9. The summed E-state index contributed by atoms with van der Waals surface area (Å²) in [6, 6.07) is 0. The Balaban J connectivity index is 2.45. The van der Waals surface area contributed by atoms with Crippen LogP contribution < -0.4 is 5.73 Å². The van der Waals surface area contributed by atoms with Gasteiger partial charge in [-0.2, -0.15) is 0 Å². The van der Waals surface area contributed by atoms with Gasteiger partial charge in [0.2, 0.25) is 0 Å². The van der Waals surface area contributed by atoms with Gasteiger partial charge in [-0.15, -0.1) is 0 Å². The Kier molecular flexibility index (Phi) is 4.11. The van der Waals surface area contributed by atoms with Gasteiger partial charge in [0, 0.05) is 19.6 Å². The van der Waals surface area contributed by atoms with Crippen molar-refractivity contribution in [3.05, 3.63) is 0 Å². The van der Waals surface area contributed by atoms with E-state index in [4.69, 9.17) is 10.5 Å². The van der Waals surface area contributed by atoms with E-state index in [2.05, 4.69) is 0 Å². The molecule has 1 aliphatic rings. The largest absolute Gasteiger partial charge is 0.361 e. The zero-order valence-electron chi connectivity index (χ0n) is 9.95. The molecule has 0 aromatic rings. The maximum atomic E-state index is 11.9. The Morgan fingerprint density at radius 1 is 1.47 bits per heavy atom. The van der Waals surface area contributed by atoms with Crippen LogP contribution in [0.5, 0.6) is 0 Å². The molecule has 0 aliphatic carbocycles. The second kappa shape index (κ2) is 4.94. The standard InChI is InChI=1S/C11H22N2O2/c1-9(15-11(2,3)8-12)10(14)13-6-4-5-7-13/h9H,4-8,12H2,1-3H3. The predicted octanol–water partition coefficient (Wildman–Crippen LogP) is 0.751. The third-order valence-corrected chi connectivity index (χ3v) is 2.75. The minimum atomic E-state index is -0.422. The Bertz CT molecular complexity index is 223. The number of amides is 1. The van der Waals surface area contributed by atoms with Crippen molar-refractivity contribution in [1.82, 2.24) is 4.90 Å². The second-order valence-corrected chi connectivity index (χ2v) is 4.76. The number of hydrogen-bond donors (Lipinski definition) is 1. The Morgan fingerprint density at radius 2 is 2.00 bits per heavy atom. The smallest absolute Gasteiger partial charge is 0.251 e. The molecule has 0 radical (unpaired) electrons. The monoisotopic (exact) mass is 214 g/mol. The lowest BCUT2D eigenvalue weighted by Gasteiger charge is -2.29. The molecule has 4 heteroatoms. The van der Waals surface area contributed by atoms with Gasteiger partial charge in [0.15, 0.2) is 0 Å². The van der Waals surface area contributed by atoms with Gasteiger partial charge in [0.25, 0.3) is 5.91 Å². The highest BCUT2D eigenvalue weighted by atomic mass is 16.5. The molecule has 1 unspecified atom stereocenters. The molecule has 4 nitrogen and oxygen atoms in total. The Hall–Kier alpha value is -0.610. The number of carbonyl (C=O) groups excluding carboxylic acids is 1. The summed E-state index contributed by atoms with van der Waals surface area (Å²) in [5.74, 6) is 0.0917. The summed E-state index contributed by atoms with van der Waals surface area (Å²) >= 11 is 0. The number of likely N-dealkylation sites (tertiary alicyclic amines) is 1. The van der Waals surface area contributed by atoms with Crippen LogP contribution in [0.1, 0.15) is 33.6 Å². The van der Waals surface area contributed by atoms with Crippen LogP contribution in [0.3, 0.4) is 0 Å². The fourth-order valence-corrected chi connectivity index (χ4v) is 1.77. The summed E-state index contributed by atoms with van der Waals surface area (Å²) < 4.78 is 5.64. The van der Waals surface area contributed by atoms with Crippen LogP contribution in [0.25, 0.3) is 0 Å². The number of nitrogens with two attached hydrogens (primary N) is 1. The lowest BCUT2D eigenvalue weighted by Crippen LogP contribution is -2.44. The molecule has 0 aromatic heterocycles. The van der Waals surface area contributed by atoms with E-state index >= 15 is 0 Å². The van der Waals surface area contributed by atoms with Gasteiger partial charge in [-0.05, 0) is 33.6 Å². The summed E-state index contributed by atoms with van der Waals surface area (Å²) in [7, 11) is 0. The summed E-state index contributed by atoms with van der Waals surface area (Å²) in [5, 5.41) is 0. The zero-order chi connectivity index (χ0) is 11.5. The molecule has 1 aliphatic heterocycles. The molecule has 0 aromatic carbocycles. The summed E-state index contributed by atoms with van der Waals surface area (Å²) in [5.41, 5.74) is 5.14. The van der Waals surface area contributed by atoms with Gasteiger partial charge in [-0.25, -0.2) is 0 Å². The first-order chi connectivity index (χ1) is 6.96. The molecule has 1 heterocycles. The highest BCUT2D eigenvalue weighted by Gasteiger charge is 2.28. The van der Waals surface area contributed by atoms with E-state index in [9.17, 15) is 4.79 Å². The molecule has 0 saturated carbocycles. The predicted molar refractivity (Wildman–Crippen MR) is 59.5 cm³/mol. The van der Waals surface area contributed by atoms with E-state index in [1.807, 2.05) is 18.7 Å². The first kappa shape index (κ1) is 12.5. The van der Waals surface area contributed by atoms with Crippen LogP contribution in [0.4, 0.5) is 0 Å². The van der Waals surface area contributed by atoms with E-state index in [0.29, 0.717) is 6.54 Å². The van der Waals surface area contributed by atoms with Crippen LogP contribution in [0.15, 0.2) is 0 Å². The van der Waals surface area contributed by atoms with Crippen molar-refractivity contribution in [2.75, 3.05) is 19.6 Å². The van der Waals surface area contributed by atoms with Gasteiger partial charge < -0.3 is 15.4 Å². The molecule has 88 valence electrons. The lowest BCUT2D eigenvalue weighted by atomic mass is 10.1. The van der Waals surface area contributed by atoms with Gasteiger partial charge in [-0.1, -0.05) is 0 Å². The highest BCUT2D eigenvalue weighted by Crippen LogP contribution is 2.15. The summed E-state index contributed by atoms with van der Waals surface area (Å²) in [6.07, 6.45) is 1.83. The number of hydrogen-bond acceptors (Lipinski definition) is 3. The molecule has 15 heavy (non-hydrogen) atoms. The number of rotatable bonds is 4. The number of nitrogens with zero attached hydrogens (tertiary/aromatic N) is 1. The zero-order valence-corrected chi connectivity index (χ0v) is 9.95. The van der Waals surface area contributed by atoms with Gasteiger partial charge >= 0.3 is 0 Å². The molecule has 0 spiro atoms. The molecule has 1 saturated heterocycles. The average molecular weight is 214 g/mol. The third kappa shape index (κ3) is 3.47. The summed E-state index contributed by atoms with van der Waals surface area (Å²) in [4.78, 5) is 13.8. The SMILES string of the molecule is CC(OC(C)(C)CN)C(=O)N1CCCC1. The van der Waals surface area contributed by atoms with Crippen LogP contribution in [-0.4, -0.2) is 42.1 Å². The van der Waals surface area contributed by atoms with Gasteiger partial charge in [-0.3, -0.25) is 4.79 Å². The van der Waals surface area contributed by atoms with Crippen LogP contribution in [0, 0.1) is 0 Å². The third-order valence-electron chi connectivity index (χ3n) is 2.75. The highest BCUT2D eigenvalue weighted by molar-refractivity contribution is 5.80. The van der Waals surface area contributed by atoms with E-state index in [-0.39, 0.29) is 12.0 Å². The molecule has 1 atom stereocenters. The van der Waals surface area contributed by atoms with Crippen LogP contribution >= 0.6 is 0 Å². The first-order valence-electron chi connectivity index (χ1n) is 5.63. The van der Waals surface area contributed by atoms with Crippen molar-refractivity contribution < 1.29 is 9.53 Å². The molecule has 1 rings (SSSR count). The van der Waals surface area contributed by atoms with E-state index < -0.39 is 5.60 Å². The molecular weight excluding hydrogens is 192 g/mol. The normalized spacial score (nSPS) is 19.3. The minimum Gasteiger partial charge on any atom is -0.361 e. The molecule has 2 N–H and O–H groups in total. The van der Waals surface area contributed by atoms with E-state index in [1.165, 1.54) is 0 Å².